The molecule has 1 aliphatic rings. The van der Waals surface area contributed by atoms with E-state index in [0.717, 1.165) is 27.9 Å². The van der Waals surface area contributed by atoms with E-state index in [1.165, 1.54) is 0 Å². The van der Waals surface area contributed by atoms with Crippen LogP contribution >= 0.6 is 0 Å². The lowest BCUT2D eigenvalue weighted by Gasteiger charge is -2.38. The number of benzene rings is 4. The number of anilines is 1. The van der Waals surface area contributed by atoms with E-state index in [4.69, 9.17) is 4.74 Å². The Balaban J connectivity index is 1.51. The highest BCUT2D eigenvalue weighted by molar-refractivity contribution is 5.92. The third-order valence-electron chi connectivity index (χ3n) is 7.19. The highest BCUT2D eigenvalue weighted by Gasteiger charge is 2.39. The summed E-state index contributed by atoms with van der Waals surface area (Å²) in [6.45, 7) is 4.20. The largest absolute Gasteiger partial charge is 0.460 e. The van der Waals surface area contributed by atoms with Gasteiger partial charge in [0, 0.05) is 11.8 Å². The van der Waals surface area contributed by atoms with Gasteiger partial charge in [-0.1, -0.05) is 103 Å². The van der Waals surface area contributed by atoms with Gasteiger partial charge in [-0.15, -0.1) is 0 Å². The molecule has 4 aromatic rings. The second-order valence-electron chi connectivity index (χ2n) is 9.79. The Bertz CT molecular complexity index is 1430. The molecule has 0 aromatic heterocycles. The Morgan fingerprint density at radius 2 is 1.36 bits per heavy atom. The number of amides is 1. The van der Waals surface area contributed by atoms with E-state index >= 15 is 0 Å². The third-order valence-corrected chi connectivity index (χ3v) is 7.19. The van der Waals surface area contributed by atoms with E-state index in [1.807, 2.05) is 71.6 Å². The average molecular weight is 517 g/mol. The molecule has 0 fully saturated rings. The van der Waals surface area contributed by atoms with Gasteiger partial charge in [0.05, 0.1) is 23.7 Å². The fraction of sp³-hybridized carbons (Fsp3) is 0.176. The number of hydrogen-bond acceptors (Lipinski definition) is 4. The molecule has 0 spiro atoms. The SMILES string of the molecule is Cc1cccc(C)c1NC(c1ccccc1)C1C=CC(=O)N1[C@@H](COC(=O)c1ccccc1)c1ccccc1. The lowest BCUT2D eigenvalue weighted by atomic mass is 9.95. The molecular weight excluding hydrogens is 484 g/mol. The summed E-state index contributed by atoms with van der Waals surface area (Å²) >= 11 is 0. The molecule has 0 bridgehead atoms. The van der Waals surface area contributed by atoms with Crippen LogP contribution in [0.25, 0.3) is 0 Å². The first-order chi connectivity index (χ1) is 19.0. The second kappa shape index (κ2) is 11.8. The molecule has 0 saturated heterocycles. The van der Waals surface area contributed by atoms with Gasteiger partial charge in [0.1, 0.15) is 6.61 Å². The van der Waals surface area contributed by atoms with Crippen LogP contribution < -0.4 is 5.32 Å². The van der Waals surface area contributed by atoms with Gasteiger partial charge in [-0.3, -0.25) is 4.79 Å². The Morgan fingerprint density at radius 1 is 0.795 bits per heavy atom. The summed E-state index contributed by atoms with van der Waals surface area (Å²) in [4.78, 5) is 28.2. The zero-order valence-electron chi connectivity index (χ0n) is 22.2. The fourth-order valence-electron chi connectivity index (χ4n) is 5.19. The predicted octanol–water partition coefficient (Wildman–Crippen LogP) is 6.82. The highest BCUT2D eigenvalue weighted by atomic mass is 16.5. The topological polar surface area (TPSA) is 58.6 Å². The number of esters is 1. The minimum Gasteiger partial charge on any atom is -0.460 e. The maximum atomic E-state index is 13.5. The van der Waals surface area contributed by atoms with E-state index in [9.17, 15) is 9.59 Å². The van der Waals surface area contributed by atoms with Crippen LogP contribution in [0.4, 0.5) is 5.69 Å². The van der Waals surface area contributed by atoms with Crippen molar-refractivity contribution in [1.82, 2.24) is 4.90 Å². The highest BCUT2D eigenvalue weighted by Crippen LogP contribution is 2.37. The molecular formula is C34H32N2O3. The number of para-hydroxylation sites is 1. The van der Waals surface area contributed by atoms with Gasteiger partial charge in [0.2, 0.25) is 5.91 Å². The number of nitrogens with zero attached hydrogens (tertiary/aromatic N) is 1. The molecule has 1 heterocycles. The molecule has 39 heavy (non-hydrogen) atoms. The molecule has 5 nitrogen and oxygen atoms in total. The van der Waals surface area contributed by atoms with Crippen molar-refractivity contribution in [2.45, 2.75) is 32.0 Å². The standard InChI is InChI=1S/C34H32N2O3/c1-24-13-12-14-25(2)32(24)35-33(27-17-8-4-9-18-27)29-21-22-31(37)36(29)30(26-15-6-3-7-16-26)23-39-34(38)28-19-10-5-11-20-28/h3-22,29-30,33,35H,23H2,1-2H3/t29?,30-,33?/m0/s1. The van der Waals surface area contributed by atoms with Crippen molar-refractivity contribution >= 4 is 17.6 Å². The maximum absolute atomic E-state index is 13.5. The second-order valence-corrected chi connectivity index (χ2v) is 9.79. The number of hydrogen-bond donors (Lipinski definition) is 1. The predicted molar refractivity (Wildman–Crippen MR) is 154 cm³/mol. The van der Waals surface area contributed by atoms with Crippen LogP contribution in [0.5, 0.6) is 0 Å². The Morgan fingerprint density at radius 3 is 1.97 bits per heavy atom. The fourth-order valence-corrected chi connectivity index (χ4v) is 5.19. The molecule has 3 atom stereocenters. The van der Waals surface area contributed by atoms with Crippen molar-refractivity contribution < 1.29 is 14.3 Å². The molecule has 4 aromatic carbocycles. The third kappa shape index (κ3) is 5.78. The van der Waals surface area contributed by atoms with Crippen LogP contribution in [0, 0.1) is 13.8 Å². The van der Waals surface area contributed by atoms with Crippen molar-refractivity contribution in [1.29, 1.82) is 0 Å². The maximum Gasteiger partial charge on any atom is 0.338 e. The first-order valence-electron chi connectivity index (χ1n) is 13.2. The summed E-state index contributed by atoms with van der Waals surface area (Å²) in [5.41, 5.74) is 5.75. The minimum atomic E-state index is -0.475. The number of aryl methyl sites for hydroxylation is 2. The van der Waals surface area contributed by atoms with Crippen LogP contribution in [0.3, 0.4) is 0 Å². The van der Waals surface area contributed by atoms with Gasteiger partial charge in [-0.25, -0.2) is 4.79 Å². The number of nitrogens with one attached hydrogen (secondary N) is 1. The van der Waals surface area contributed by atoms with Crippen molar-refractivity contribution in [2.75, 3.05) is 11.9 Å². The number of carbonyl (C=O) groups is 2. The summed E-state index contributed by atoms with van der Waals surface area (Å²) in [5, 5.41) is 3.77. The van der Waals surface area contributed by atoms with E-state index in [1.54, 1.807) is 30.3 Å². The Labute approximate surface area is 229 Å². The van der Waals surface area contributed by atoms with Crippen LogP contribution in [0.1, 0.15) is 44.7 Å². The Hall–Kier alpha value is -4.64. The van der Waals surface area contributed by atoms with Crippen LogP contribution in [-0.2, 0) is 9.53 Å². The molecule has 0 saturated carbocycles. The van der Waals surface area contributed by atoms with Gasteiger partial charge >= 0.3 is 5.97 Å². The molecule has 5 heteroatoms. The molecule has 1 amide bonds. The summed E-state index contributed by atoms with van der Waals surface area (Å²) in [6.07, 6.45) is 3.58. The van der Waals surface area contributed by atoms with Crippen molar-refractivity contribution in [3.05, 3.63) is 149 Å². The zero-order chi connectivity index (χ0) is 27.2. The number of rotatable bonds is 9. The minimum absolute atomic E-state index is 0.0343. The number of carbonyl (C=O) groups excluding carboxylic acids is 2. The van der Waals surface area contributed by atoms with E-state index < -0.39 is 12.0 Å². The van der Waals surface area contributed by atoms with Crippen LogP contribution in [0.2, 0.25) is 0 Å². The summed E-state index contributed by atoms with van der Waals surface area (Å²) in [7, 11) is 0. The lowest BCUT2D eigenvalue weighted by Crippen LogP contribution is -2.44. The molecule has 1 aliphatic heterocycles. The van der Waals surface area contributed by atoms with Gasteiger partial charge in [-0.2, -0.15) is 0 Å². The van der Waals surface area contributed by atoms with Gasteiger partial charge in [-0.05, 0) is 48.2 Å². The summed E-state index contributed by atoms with van der Waals surface area (Å²) < 4.78 is 5.81. The van der Waals surface area contributed by atoms with Gasteiger partial charge in [0.15, 0.2) is 0 Å². The normalized spacial score (nSPS) is 16.1. The van der Waals surface area contributed by atoms with Gasteiger partial charge < -0.3 is 15.0 Å². The molecule has 196 valence electrons. The lowest BCUT2D eigenvalue weighted by molar-refractivity contribution is -0.130. The van der Waals surface area contributed by atoms with Crippen LogP contribution in [-0.4, -0.2) is 29.4 Å². The smallest absolute Gasteiger partial charge is 0.338 e. The van der Waals surface area contributed by atoms with E-state index in [0.29, 0.717) is 5.56 Å². The number of ether oxygens (including phenoxy) is 1. The molecule has 5 rings (SSSR count). The quantitative estimate of drug-likeness (QED) is 0.248. The Kier molecular flexibility index (Phi) is 7.88. The first-order valence-corrected chi connectivity index (χ1v) is 13.2. The van der Waals surface area contributed by atoms with Crippen molar-refractivity contribution in [3.8, 4) is 0 Å². The molecule has 0 radical (unpaired) electrons. The average Bonchev–Trinajstić information content (AvgIpc) is 3.35. The molecule has 0 aliphatic carbocycles. The van der Waals surface area contributed by atoms with E-state index in [-0.39, 0.29) is 24.6 Å². The first kappa shape index (κ1) is 26.0. The van der Waals surface area contributed by atoms with E-state index in [2.05, 4.69) is 43.4 Å². The zero-order valence-corrected chi connectivity index (χ0v) is 22.2. The monoisotopic (exact) mass is 516 g/mol. The van der Waals surface area contributed by atoms with Crippen LogP contribution in [0.15, 0.2) is 121 Å². The van der Waals surface area contributed by atoms with Crippen molar-refractivity contribution in [3.63, 3.8) is 0 Å². The molecule has 2 unspecified atom stereocenters. The van der Waals surface area contributed by atoms with Gasteiger partial charge in [0.25, 0.3) is 0 Å². The van der Waals surface area contributed by atoms with Crippen molar-refractivity contribution in [2.24, 2.45) is 0 Å². The summed E-state index contributed by atoms with van der Waals surface area (Å²) in [6, 6.07) is 34.0. The molecule has 1 N–H and O–H groups in total. The summed E-state index contributed by atoms with van der Waals surface area (Å²) in [5.74, 6) is -0.533.